The van der Waals surface area contributed by atoms with E-state index in [1.807, 2.05) is 12.2 Å². The van der Waals surface area contributed by atoms with Crippen molar-refractivity contribution >= 4 is 32.9 Å². The summed E-state index contributed by atoms with van der Waals surface area (Å²) in [7, 11) is 0. The summed E-state index contributed by atoms with van der Waals surface area (Å²) in [5.74, 6) is 0. The molecule has 4 rings (SSSR count). The van der Waals surface area contributed by atoms with Crippen LogP contribution in [0.4, 0.5) is 11.4 Å². The van der Waals surface area contributed by atoms with Gasteiger partial charge in [-0.25, -0.2) is 0 Å². The summed E-state index contributed by atoms with van der Waals surface area (Å²) in [6.45, 7) is 7.89. The lowest BCUT2D eigenvalue weighted by Crippen LogP contribution is -2.15. The first-order chi connectivity index (χ1) is 13.3. The fourth-order valence-corrected chi connectivity index (χ4v) is 3.43. The smallest absolute Gasteiger partial charge is 0.0468 e. The van der Waals surface area contributed by atoms with Gasteiger partial charge in [-0.05, 0) is 58.0 Å². The predicted molar refractivity (Wildman–Crippen MR) is 119 cm³/mol. The monoisotopic (exact) mass is 347 g/mol. The van der Waals surface area contributed by atoms with Gasteiger partial charge in [-0.2, -0.15) is 0 Å². The minimum absolute atomic E-state index is 0.982. The van der Waals surface area contributed by atoms with Crippen LogP contribution in [0.15, 0.2) is 122 Å². The van der Waals surface area contributed by atoms with Crippen LogP contribution >= 0.6 is 0 Å². The zero-order chi connectivity index (χ0) is 18.6. The van der Waals surface area contributed by atoms with Gasteiger partial charge >= 0.3 is 0 Å². The molecule has 0 bridgehead atoms. The third-order valence-electron chi connectivity index (χ3n) is 4.74. The Balaban J connectivity index is 1.93. The van der Waals surface area contributed by atoms with Gasteiger partial charge in [0.1, 0.15) is 0 Å². The van der Waals surface area contributed by atoms with Crippen LogP contribution in [0.25, 0.3) is 21.5 Å². The number of hydrogen-bond donors (Lipinski definition) is 0. The molecular weight excluding hydrogens is 326 g/mol. The van der Waals surface area contributed by atoms with E-state index in [0.717, 1.165) is 17.1 Å². The Bertz CT molecular complexity index is 1090. The highest BCUT2D eigenvalue weighted by Crippen LogP contribution is 2.34. The quantitative estimate of drug-likeness (QED) is 0.340. The maximum absolute atomic E-state index is 4.02. The fourth-order valence-electron chi connectivity index (χ4n) is 3.43. The van der Waals surface area contributed by atoms with E-state index in [4.69, 9.17) is 0 Å². The minimum atomic E-state index is 0.982. The van der Waals surface area contributed by atoms with Crippen molar-refractivity contribution in [3.05, 3.63) is 122 Å². The van der Waals surface area contributed by atoms with Gasteiger partial charge in [-0.3, -0.25) is 0 Å². The summed E-state index contributed by atoms with van der Waals surface area (Å²) in [6, 6.07) is 29.9. The van der Waals surface area contributed by atoms with Gasteiger partial charge in [-0.1, -0.05) is 79.9 Å². The van der Waals surface area contributed by atoms with E-state index in [9.17, 15) is 0 Å². The molecule has 0 aliphatic rings. The molecule has 4 aromatic carbocycles. The molecule has 0 spiro atoms. The number of fused-ring (bicyclic) bond motifs is 2. The molecular formula is C26H21N. The summed E-state index contributed by atoms with van der Waals surface area (Å²) in [6.07, 6.45) is 5.65. The summed E-state index contributed by atoms with van der Waals surface area (Å²) >= 11 is 0. The van der Waals surface area contributed by atoms with Crippen molar-refractivity contribution < 1.29 is 0 Å². The van der Waals surface area contributed by atoms with E-state index in [-0.39, 0.29) is 0 Å². The van der Waals surface area contributed by atoms with Crippen LogP contribution in [0.5, 0.6) is 0 Å². The highest BCUT2D eigenvalue weighted by molar-refractivity contribution is 5.91. The van der Waals surface area contributed by atoms with Gasteiger partial charge in [-0.15, -0.1) is 0 Å². The molecule has 0 aromatic heterocycles. The SMILES string of the molecule is C=C/C=C(\C=C)N(c1ccc2ccccc2c1)c1ccc2ccccc2c1. The molecule has 0 atom stereocenters. The molecule has 130 valence electrons. The van der Waals surface area contributed by atoms with Gasteiger partial charge in [0.2, 0.25) is 0 Å². The molecule has 0 fully saturated rings. The molecule has 0 radical (unpaired) electrons. The molecule has 0 amide bonds. The number of hydrogen-bond acceptors (Lipinski definition) is 1. The molecule has 0 N–H and O–H groups in total. The first kappa shape index (κ1) is 16.9. The van der Waals surface area contributed by atoms with E-state index in [1.165, 1.54) is 21.5 Å². The Morgan fingerprint density at radius 3 is 1.56 bits per heavy atom. The minimum Gasteiger partial charge on any atom is -0.310 e. The van der Waals surface area contributed by atoms with Crippen molar-refractivity contribution in [3.8, 4) is 0 Å². The molecule has 0 aliphatic carbocycles. The second kappa shape index (κ2) is 7.35. The van der Waals surface area contributed by atoms with E-state index in [0.29, 0.717) is 0 Å². The highest BCUT2D eigenvalue weighted by Gasteiger charge is 2.13. The summed E-state index contributed by atoms with van der Waals surface area (Å²) in [4.78, 5) is 2.22. The Morgan fingerprint density at radius 1 is 0.630 bits per heavy atom. The fraction of sp³-hybridized carbons (Fsp3) is 0. The number of nitrogens with zero attached hydrogens (tertiary/aromatic N) is 1. The van der Waals surface area contributed by atoms with Crippen molar-refractivity contribution in [1.29, 1.82) is 0 Å². The maximum atomic E-state index is 4.02. The van der Waals surface area contributed by atoms with Gasteiger partial charge in [0, 0.05) is 17.1 Å². The van der Waals surface area contributed by atoms with Crippen LogP contribution in [-0.2, 0) is 0 Å². The normalized spacial score (nSPS) is 11.5. The molecule has 0 unspecified atom stereocenters. The standard InChI is InChI=1S/C26H21N/c1-3-9-24(4-2)27(25-16-14-20-10-5-7-12-22(20)18-25)26-17-15-21-11-6-8-13-23(21)19-26/h3-19H,1-2H2/b24-9+. The molecule has 0 saturated heterocycles. The Kier molecular flexibility index (Phi) is 4.59. The number of anilines is 2. The molecule has 27 heavy (non-hydrogen) atoms. The van der Waals surface area contributed by atoms with Crippen molar-refractivity contribution in [3.63, 3.8) is 0 Å². The van der Waals surface area contributed by atoms with Crippen molar-refractivity contribution in [2.75, 3.05) is 4.90 Å². The lowest BCUT2D eigenvalue weighted by atomic mass is 10.1. The predicted octanol–water partition coefficient (Wildman–Crippen LogP) is 7.39. The maximum Gasteiger partial charge on any atom is 0.0468 e. The number of allylic oxidation sites excluding steroid dienone is 3. The first-order valence-electron chi connectivity index (χ1n) is 9.03. The summed E-state index contributed by atoms with van der Waals surface area (Å²) in [5.41, 5.74) is 3.17. The molecule has 0 aliphatic heterocycles. The molecule has 1 nitrogen and oxygen atoms in total. The second-order valence-corrected chi connectivity index (χ2v) is 6.43. The average Bonchev–Trinajstić information content (AvgIpc) is 2.73. The Hall–Kier alpha value is -3.58. The van der Waals surface area contributed by atoms with Crippen LogP contribution in [0.1, 0.15) is 0 Å². The zero-order valence-corrected chi connectivity index (χ0v) is 15.2. The second-order valence-electron chi connectivity index (χ2n) is 6.43. The van der Waals surface area contributed by atoms with E-state index in [1.54, 1.807) is 6.08 Å². The topological polar surface area (TPSA) is 3.24 Å². The van der Waals surface area contributed by atoms with Gasteiger partial charge < -0.3 is 4.90 Å². The lowest BCUT2D eigenvalue weighted by Gasteiger charge is -2.27. The summed E-state index contributed by atoms with van der Waals surface area (Å²) < 4.78 is 0. The number of rotatable bonds is 5. The third kappa shape index (κ3) is 3.28. The van der Waals surface area contributed by atoms with Crippen LogP contribution in [0.3, 0.4) is 0 Å². The van der Waals surface area contributed by atoms with Gasteiger partial charge in [0.25, 0.3) is 0 Å². The van der Waals surface area contributed by atoms with E-state index >= 15 is 0 Å². The first-order valence-corrected chi connectivity index (χ1v) is 9.03. The van der Waals surface area contributed by atoms with Crippen LogP contribution in [0.2, 0.25) is 0 Å². The summed E-state index contributed by atoms with van der Waals surface area (Å²) in [5, 5.41) is 4.88. The number of benzene rings is 4. The lowest BCUT2D eigenvalue weighted by molar-refractivity contribution is 1.22. The molecule has 0 saturated carbocycles. The van der Waals surface area contributed by atoms with E-state index in [2.05, 4.69) is 103 Å². The van der Waals surface area contributed by atoms with Crippen molar-refractivity contribution in [1.82, 2.24) is 0 Å². The van der Waals surface area contributed by atoms with Gasteiger partial charge in [0.15, 0.2) is 0 Å². The highest BCUT2D eigenvalue weighted by atomic mass is 15.1. The molecule has 0 heterocycles. The van der Waals surface area contributed by atoms with E-state index < -0.39 is 0 Å². The molecule has 4 aromatic rings. The Labute approximate surface area is 160 Å². The van der Waals surface area contributed by atoms with Gasteiger partial charge in [0.05, 0.1) is 0 Å². The Morgan fingerprint density at radius 2 is 1.11 bits per heavy atom. The van der Waals surface area contributed by atoms with Crippen LogP contribution in [0, 0.1) is 0 Å². The van der Waals surface area contributed by atoms with Crippen molar-refractivity contribution in [2.24, 2.45) is 0 Å². The largest absolute Gasteiger partial charge is 0.310 e. The van der Waals surface area contributed by atoms with Crippen LogP contribution in [-0.4, -0.2) is 0 Å². The van der Waals surface area contributed by atoms with Crippen molar-refractivity contribution in [2.45, 2.75) is 0 Å². The molecule has 1 heteroatoms. The average molecular weight is 347 g/mol. The van der Waals surface area contributed by atoms with Crippen LogP contribution < -0.4 is 4.90 Å². The third-order valence-corrected chi connectivity index (χ3v) is 4.74. The zero-order valence-electron chi connectivity index (χ0n) is 15.2.